The molecule has 0 aliphatic heterocycles. The Morgan fingerprint density at radius 3 is 2.50 bits per heavy atom. The first-order valence-electron chi connectivity index (χ1n) is 5.17. The smallest absolute Gasteiger partial charge is 0.235 e. The van der Waals surface area contributed by atoms with Gasteiger partial charge in [-0.25, -0.2) is 13.1 Å². The van der Waals surface area contributed by atoms with Crippen molar-refractivity contribution in [1.82, 2.24) is 10.0 Å². The van der Waals surface area contributed by atoms with E-state index < -0.39 is 10.0 Å². The average Bonchev–Trinajstić information content (AvgIpc) is 2.21. The third kappa shape index (κ3) is 8.94. The van der Waals surface area contributed by atoms with Crippen molar-refractivity contribution in [3.63, 3.8) is 0 Å². The van der Waals surface area contributed by atoms with Gasteiger partial charge < -0.3 is 5.32 Å². The van der Waals surface area contributed by atoms with Crippen LogP contribution in [0.4, 0.5) is 0 Å². The Morgan fingerprint density at radius 2 is 2.00 bits per heavy atom. The van der Waals surface area contributed by atoms with Gasteiger partial charge in [-0.1, -0.05) is 13.8 Å². The van der Waals surface area contributed by atoms with Crippen LogP contribution in [0.1, 0.15) is 20.3 Å². The fourth-order valence-electron chi connectivity index (χ4n) is 0.873. The van der Waals surface area contributed by atoms with Crippen LogP contribution in [0, 0.1) is 5.92 Å². The maximum atomic E-state index is 11.3. The van der Waals surface area contributed by atoms with Crippen molar-refractivity contribution in [2.45, 2.75) is 20.3 Å². The normalized spacial score (nSPS) is 11.8. The Hall–Kier alpha value is -0.330. The van der Waals surface area contributed by atoms with Gasteiger partial charge >= 0.3 is 0 Å². The summed E-state index contributed by atoms with van der Waals surface area (Å²) >= 11 is 5.38. The summed E-state index contributed by atoms with van der Waals surface area (Å²) in [5.74, 6) is 0.272. The predicted octanol–water partition coefficient (Wildman–Crippen LogP) is 0.307. The highest BCUT2D eigenvalue weighted by molar-refractivity contribution is 7.89. The predicted molar refractivity (Wildman–Crippen MR) is 65.0 cm³/mol. The van der Waals surface area contributed by atoms with Crippen LogP contribution in [-0.4, -0.2) is 39.0 Å². The molecular formula is C9H19ClN2O3S. The molecule has 0 aliphatic rings. The first kappa shape index (κ1) is 15.7. The molecule has 7 heteroatoms. The van der Waals surface area contributed by atoms with Crippen molar-refractivity contribution in [2.75, 3.05) is 24.7 Å². The highest BCUT2D eigenvalue weighted by Gasteiger charge is 2.11. The largest absolute Gasteiger partial charge is 0.355 e. The summed E-state index contributed by atoms with van der Waals surface area (Å²) in [6, 6.07) is 0. The van der Waals surface area contributed by atoms with E-state index in [4.69, 9.17) is 11.6 Å². The summed E-state index contributed by atoms with van der Waals surface area (Å²) < 4.78 is 24.8. The molecule has 0 rings (SSSR count). The minimum atomic E-state index is -3.37. The molecule has 0 saturated heterocycles. The molecule has 2 N–H and O–H groups in total. The van der Waals surface area contributed by atoms with Gasteiger partial charge in [-0.2, -0.15) is 0 Å². The Morgan fingerprint density at radius 1 is 1.38 bits per heavy atom. The Bertz CT molecular complexity index is 304. The van der Waals surface area contributed by atoms with E-state index in [9.17, 15) is 13.2 Å². The fraction of sp³-hybridized carbons (Fsp3) is 0.889. The van der Waals surface area contributed by atoms with Crippen LogP contribution in [0.5, 0.6) is 0 Å². The molecule has 0 fully saturated rings. The van der Waals surface area contributed by atoms with Crippen molar-refractivity contribution in [3.8, 4) is 0 Å². The third-order valence-corrected chi connectivity index (χ3v) is 3.38. The van der Waals surface area contributed by atoms with Crippen molar-refractivity contribution in [2.24, 2.45) is 5.92 Å². The number of carbonyl (C=O) groups excluding carboxylic acids is 1. The van der Waals surface area contributed by atoms with E-state index in [0.29, 0.717) is 24.8 Å². The zero-order chi connectivity index (χ0) is 12.6. The number of halogens is 1. The molecule has 0 aromatic heterocycles. The van der Waals surface area contributed by atoms with Gasteiger partial charge in [-0.05, 0) is 12.3 Å². The molecule has 0 heterocycles. The molecule has 0 aromatic carbocycles. The Balaban J connectivity index is 3.82. The number of rotatable bonds is 8. The van der Waals surface area contributed by atoms with Gasteiger partial charge in [0.2, 0.25) is 15.9 Å². The molecule has 0 spiro atoms. The number of amides is 1. The molecule has 0 aromatic rings. The van der Waals surface area contributed by atoms with Gasteiger partial charge in [0.15, 0.2) is 0 Å². The SMILES string of the molecule is CC(C)CNC(=O)CNS(=O)(=O)CCCCl. The third-order valence-electron chi connectivity index (χ3n) is 1.71. The molecule has 16 heavy (non-hydrogen) atoms. The first-order valence-corrected chi connectivity index (χ1v) is 7.36. The van der Waals surface area contributed by atoms with Gasteiger partial charge in [-0.3, -0.25) is 4.79 Å². The lowest BCUT2D eigenvalue weighted by Gasteiger charge is -2.08. The van der Waals surface area contributed by atoms with Gasteiger partial charge in [0.1, 0.15) is 0 Å². The van der Waals surface area contributed by atoms with Crippen molar-refractivity contribution in [1.29, 1.82) is 0 Å². The minimum Gasteiger partial charge on any atom is -0.355 e. The molecule has 1 amide bonds. The van der Waals surface area contributed by atoms with Crippen LogP contribution in [-0.2, 0) is 14.8 Å². The van der Waals surface area contributed by atoms with E-state index in [1.165, 1.54) is 0 Å². The summed E-state index contributed by atoms with van der Waals surface area (Å²) in [7, 11) is -3.37. The van der Waals surface area contributed by atoms with Crippen LogP contribution in [0.2, 0.25) is 0 Å². The summed E-state index contributed by atoms with van der Waals surface area (Å²) in [4.78, 5) is 11.2. The zero-order valence-corrected chi connectivity index (χ0v) is 11.2. The molecule has 0 aliphatic carbocycles. The van der Waals surface area contributed by atoms with Crippen molar-refractivity contribution < 1.29 is 13.2 Å². The molecule has 0 unspecified atom stereocenters. The number of sulfonamides is 1. The summed E-state index contributed by atoms with van der Waals surface area (Å²) in [6.45, 7) is 4.26. The number of nitrogens with one attached hydrogen (secondary N) is 2. The van der Waals surface area contributed by atoms with Crippen LogP contribution in [0.3, 0.4) is 0 Å². The standard InChI is InChI=1S/C9H19ClN2O3S/c1-8(2)6-11-9(13)7-12-16(14,15)5-3-4-10/h8,12H,3-7H2,1-2H3,(H,11,13). The number of alkyl halides is 1. The van der Waals surface area contributed by atoms with Gasteiger partial charge in [0.25, 0.3) is 0 Å². The second-order valence-corrected chi connectivity index (χ2v) is 6.18. The van der Waals surface area contributed by atoms with E-state index >= 15 is 0 Å². The molecule has 0 atom stereocenters. The van der Waals surface area contributed by atoms with Crippen LogP contribution < -0.4 is 10.0 Å². The first-order chi connectivity index (χ1) is 7.37. The monoisotopic (exact) mass is 270 g/mol. The molecule has 5 nitrogen and oxygen atoms in total. The maximum absolute atomic E-state index is 11.3. The summed E-state index contributed by atoms with van der Waals surface area (Å²) in [5.41, 5.74) is 0. The second kappa shape index (κ2) is 7.86. The van der Waals surface area contributed by atoms with Crippen molar-refractivity contribution >= 4 is 27.5 Å². The van der Waals surface area contributed by atoms with Crippen LogP contribution >= 0.6 is 11.6 Å². The van der Waals surface area contributed by atoms with E-state index in [-0.39, 0.29) is 18.2 Å². The highest BCUT2D eigenvalue weighted by Crippen LogP contribution is 1.91. The van der Waals surface area contributed by atoms with Gasteiger partial charge in [-0.15, -0.1) is 11.6 Å². The fourth-order valence-corrected chi connectivity index (χ4v) is 2.18. The Kier molecular flexibility index (Phi) is 7.70. The molecular weight excluding hydrogens is 252 g/mol. The number of hydrogen-bond donors (Lipinski definition) is 2. The molecule has 0 saturated carbocycles. The highest BCUT2D eigenvalue weighted by atomic mass is 35.5. The van der Waals surface area contributed by atoms with Crippen LogP contribution in [0.15, 0.2) is 0 Å². The molecule has 0 bridgehead atoms. The second-order valence-electron chi connectivity index (χ2n) is 3.88. The molecule has 0 radical (unpaired) electrons. The van der Waals surface area contributed by atoms with Gasteiger partial charge in [0.05, 0.1) is 12.3 Å². The summed E-state index contributed by atoms with van der Waals surface area (Å²) in [6.07, 6.45) is 0.379. The number of carbonyl (C=O) groups is 1. The average molecular weight is 271 g/mol. The maximum Gasteiger partial charge on any atom is 0.235 e. The van der Waals surface area contributed by atoms with Crippen molar-refractivity contribution in [3.05, 3.63) is 0 Å². The van der Waals surface area contributed by atoms with E-state index in [2.05, 4.69) is 10.0 Å². The van der Waals surface area contributed by atoms with Gasteiger partial charge in [0, 0.05) is 12.4 Å². The van der Waals surface area contributed by atoms with E-state index in [0.717, 1.165) is 0 Å². The topological polar surface area (TPSA) is 75.3 Å². The van der Waals surface area contributed by atoms with E-state index in [1.807, 2.05) is 13.8 Å². The van der Waals surface area contributed by atoms with Crippen LogP contribution in [0.25, 0.3) is 0 Å². The van der Waals surface area contributed by atoms with E-state index in [1.54, 1.807) is 0 Å². The lowest BCUT2D eigenvalue weighted by atomic mass is 10.2. The Labute approximate surface area is 102 Å². The lowest BCUT2D eigenvalue weighted by molar-refractivity contribution is -0.120. The minimum absolute atomic E-state index is 0.0477. The zero-order valence-electron chi connectivity index (χ0n) is 9.62. The quantitative estimate of drug-likeness (QED) is 0.623. The molecule has 96 valence electrons. The lowest BCUT2D eigenvalue weighted by Crippen LogP contribution is -2.39. The summed E-state index contributed by atoms with van der Waals surface area (Å²) in [5, 5.41) is 2.62. The number of hydrogen-bond acceptors (Lipinski definition) is 3.